The second-order valence-corrected chi connectivity index (χ2v) is 9.32. The van der Waals surface area contributed by atoms with Crippen molar-refractivity contribution in [3.63, 3.8) is 0 Å². The van der Waals surface area contributed by atoms with Crippen molar-refractivity contribution in [3.05, 3.63) is 48.0 Å². The Hall–Kier alpha value is -1.76. The van der Waals surface area contributed by atoms with Crippen LogP contribution in [0.3, 0.4) is 0 Å². The van der Waals surface area contributed by atoms with Gasteiger partial charge in [0, 0.05) is 33.2 Å². The third kappa shape index (κ3) is 5.10. The van der Waals surface area contributed by atoms with Crippen LogP contribution < -0.4 is 14.5 Å². The number of rotatable bonds is 7. The molecule has 1 atom stereocenters. The first kappa shape index (κ1) is 22.9. The number of halogens is 1. The average Bonchev–Trinajstić information content (AvgIpc) is 3.04. The predicted molar refractivity (Wildman–Crippen MR) is 128 cm³/mol. The molecule has 0 amide bonds. The molecule has 0 saturated carbocycles. The number of unbranched alkanes of at least 4 members (excludes halogenated alkanes) is 1. The van der Waals surface area contributed by atoms with Crippen molar-refractivity contribution < 1.29 is 8.95 Å². The summed E-state index contributed by atoms with van der Waals surface area (Å²) >= 11 is 0. The van der Waals surface area contributed by atoms with Crippen molar-refractivity contribution in [3.8, 4) is 5.75 Å². The largest absolute Gasteiger partial charge is 0.495 e. The molecular weight excluding hydrogens is 418 g/mol. The maximum atomic E-state index is 12.2. The highest BCUT2D eigenvalue weighted by Gasteiger charge is 2.23. The van der Waals surface area contributed by atoms with Gasteiger partial charge in [-0.1, -0.05) is 18.2 Å². The molecule has 1 fully saturated rings. The van der Waals surface area contributed by atoms with Gasteiger partial charge in [-0.3, -0.25) is 9.11 Å². The first-order valence-electron chi connectivity index (χ1n) is 10.5. The van der Waals surface area contributed by atoms with Gasteiger partial charge in [0.15, 0.2) is 0 Å². The first-order valence-corrected chi connectivity index (χ1v) is 11.8. The number of anilines is 2. The summed E-state index contributed by atoms with van der Waals surface area (Å²) in [6.07, 6.45) is 3.44. The minimum atomic E-state index is -0.867. The van der Waals surface area contributed by atoms with Gasteiger partial charge in [-0.25, -0.2) is 0 Å². The molecule has 2 aliphatic heterocycles. The number of aryl methyl sites for hydroxylation is 1. The van der Waals surface area contributed by atoms with Crippen LogP contribution in [-0.4, -0.2) is 61.9 Å². The van der Waals surface area contributed by atoms with Crippen LogP contribution in [-0.2, 0) is 17.2 Å². The summed E-state index contributed by atoms with van der Waals surface area (Å²) in [5, 5.41) is 0. The Bertz CT molecular complexity index is 871. The maximum absolute atomic E-state index is 12.2. The minimum absolute atomic E-state index is 0. The molecule has 164 valence electrons. The molecule has 2 aromatic carbocycles. The lowest BCUT2D eigenvalue weighted by Crippen LogP contribution is -2.46. The number of fused-ring (bicyclic) bond motifs is 1. The predicted octanol–water partition coefficient (Wildman–Crippen LogP) is 3.78. The van der Waals surface area contributed by atoms with Crippen molar-refractivity contribution in [1.82, 2.24) is 4.90 Å². The number of ether oxygens (including phenoxy) is 1. The molecule has 4 rings (SSSR count). The fourth-order valence-corrected chi connectivity index (χ4v) is 5.66. The molecule has 30 heavy (non-hydrogen) atoms. The lowest BCUT2D eigenvalue weighted by atomic mass is 10.1. The van der Waals surface area contributed by atoms with Crippen LogP contribution in [0.5, 0.6) is 5.75 Å². The molecule has 1 unspecified atom stereocenters. The highest BCUT2D eigenvalue weighted by atomic mass is 35.5. The summed E-state index contributed by atoms with van der Waals surface area (Å²) in [6, 6.07) is 14.8. The fourth-order valence-electron chi connectivity index (χ4n) is 4.29. The summed E-state index contributed by atoms with van der Waals surface area (Å²) in [5.41, 5.74) is 3.64. The van der Waals surface area contributed by atoms with Gasteiger partial charge in [0.2, 0.25) is 0 Å². The van der Waals surface area contributed by atoms with Gasteiger partial charge in [0.1, 0.15) is 5.75 Å². The van der Waals surface area contributed by atoms with Gasteiger partial charge in [0.05, 0.1) is 40.1 Å². The number of hydrogen-bond acceptors (Lipinski definition) is 5. The molecular formula is C23H32ClN3O2S. The summed E-state index contributed by atoms with van der Waals surface area (Å²) in [4.78, 5) is 8.09. The number of nitrogens with zero attached hydrogens (tertiary/aromatic N) is 3. The summed E-state index contributed by atoms with van der Waals surface area (Å²) in [5.74, 6) is 1.59. The van der Waals surface area contributed by atoms with E-state index in [1.807, 2.05) is 19.2 Å². The highest BCUT2D eigenvalue weighted by Crippen LogP contribution is 2.31. The lowest BCUT2D eigenvalue weighted by molar-refractivity contribution is 0.252. The van der Waals surface area contributed by atoms with E-state index in [0.717, 1.165) is 55.5 Å². The van der Waals surface area contributed by atoms with E-state index in [2.05, 4.69) is 45.0 Å². The van der Waals surface area contributed by atoms with Gasteiger partial charge in [-0.15, -0.1) is 12.4 Å². The summed E-state index contributed by atoms with van der Waals surface area (Å²) in [7, 11) is 2.89. The fraction of sp³-hybridized carbons (Fsp3) is 0.478. The molecule has 2 heterocycles. The average molecular weight is 450 g/mol. The van der Waals surface area contributed by atoms with E-state index in [0.29, 0.717) is 5.88 Å². The minimum Gasteiger partial charge on any atom is -0.495 e. The molecule has 5 nitrogen and oxygen atoms in total. The zero-order valence-corrected chi connectivity index (χ0v) is 19.5. The van der Waals surface area contributed by atoms with Gasteiger partial charge in [-0.2, -0.15) is 0 Å². The molecule has 0 bridgehead atoms. The Kier molecular flexibility index (Phi) is 8.03. The first-order chi connectivity index (χ1) is 14.2. The van der Waals surface area contributed by atoms with Crippen molar-refractivity contribution in [2.24, 2.45) is 0 Å². The molecule has 1 saturated heterocycles. The molecule has 0 aliphatic carbocycles. The SMILES string of the molecule is COc1ccccc1N1CCN(CCCCc2ccc3c(c2)S(=O)CN3C)CC1.Cl. The normalized spacial score (nSPS) is 18.8. The Balaban J connectivity index is 0.00000256. The molecule has 2 aliphatic rings. The third-order valence-electron chi connectivity index (χ3n) is 5.98. The number of benzene rings is 2. The summed E-state index contributed by atoms with van der Waals surface area (Å²) in [6.45, 7) is 5.44. The molecule has 0 aromatic heterocycles. The second-order valence-electron chi connectivity index (χ2n) is 7.93. The van der Waals surface area contributed by atoms with E-state index < -0.39 is 10.8 Å². The van der Waals surface area contributed by atoms with Crippen molar-refractivity contribution in [2.75, 3.05) is 62.6 Å². The van der Waals surface area contributed by atoms with Crippen LogP contribution in [0.2, 0.25) is 0 Å². The van der Waals surface area contributed by atoms with Crippen LogP contribution >= 0.6 is 12.4 Å². The van der Waals surface area contributed by atoms with Crippen LogP contribution in [0.15, 0.2) is 47.4 Å². The van der Waals surface area contributed by atoms with Gasteiger partial charge < -0.3 is 14.5 Å². The quantitative estimate of drug-likeness (QED) is 0.601. The van der Waals surface area contributed by atoms with Crippen LogP contribution in [0, 0.1) is 0 Å². The standard InChI is InChI=1S/C23H31N3O2S.ClH/c1-24-18-29(27)23-17-19(10-11-21(23)24)7-5-6-12-25-13-15-26(16-14-25)20-8-3-4-9-22(20)28-2;/h3-4,8-11,17H,5-7,12-16,18H2,1-2H3;1H. The third-order valence-corrected chi connectivity index (χ3v) is 7.42. The smallest absolute Gasteiger partial charge is 0.142 e. The van der Waals surface area contributed by atoms with Crippen molar-refractivity contribution in [2.45, 2.75) is 24.2 Å². The van der Waals surface area contributed by atoms with Crippen molar-refractivity contribution in [1.29, 1.82) is 0 Å². The molecule has 7 heteroatoms. The highest BCUT2D eigenvalue weighted by molar-refractivity contribution is 7.85. The van der Waals surface area contributed by atoms with Gasteiger partial charge >= 0.3 is 0 Å². The van der Waals surface area contributed by atoms with E-state index in [9.17, 15) is 4.21 Å². The molecule has 0 spiro atoms. The molecule has 0 radical (unpaired) electrons. The molecule has 0 N–H and O–H groups in total. The maximum Gasteiger partial charge on any atom is 0.142 e. The molecule has 2 aromatic rings. The van der Waals surface area contributed by atoms with Crippen LogP contribution in [0.4, 0.5) is 11.4 Å². The van der Waals surface area contributed by atoms with E-state index in [1.54, 1.807) is 7.11 Å². The van der Waals surface area contributed by atoms with E-state index in [1.165, 1.54) is 24.1 Å². The van der Waals surface area contributed by atoms with E-state index in [-0.39, 0.29) is 12.4 Å². The zero-order chi connectivity index (χ0) is 20.2. The van der Waals surface area contributed by atoms with Crippen molar-refractivity contribution >= 4 is 34.6 Å². The van der Waals surface area contributed by atoms with E-state index >= 15 is 0 Å². The van der Waals surface area contributed by atoms with Crippen LogP contribution in [0.1, 0.15) is 18.4 Å². The number of para-hydroxylation sites is 2. The monoisotopic (exact) mass is 449 g/mol. The van der Waals surface area contributed by atoms with E-state index in [4.69, 9.17) is 4.74 Å². The number of piperazine rings is 1. The zero-order valence-electron chi connectivity index (χ0n) is 17.9. The van der Waals surface area contributed by atoms with Crippen LogP contribution in [0.25, 0.3) is 0 Å². The Labute approximate surface area is 188 Å². The summed E-state index contributed by atoms with van der Waals surface area (Å²) < 4.78 is 17.7. The Morgan fingerprint density at radius 2 is 1.77 bits per heavy atom. The Morgan fingerprint density at radius 3 is 2.53 bits per heavy atom. The lowest BCUT2D eigenvalue weighted by Gasteiger charge is -2.36. The van der Waals surface area contributed by atoms with Gasteiger partial charge in [-0.05, 0) is 55.6 Å². The number of hydrogen-bond donors (Lipinski definition) is 0. The van der Waals surface area contributed by atoms with Gasteiger partial charge in [0.25, 0.3) is 0 Å². The second kappa shape index (κ2) is 10.5. The topological polar surface area (TPSA) is 36.0 Å². The number of methoxy groups -OCH3 is 1. The Morgan fingerprint density at radius 1 is 1.00 bits per heavy atom.